The molecule has 0 saturated carbocycles. The van der Waals surface area contributed by atoms with E-state index in [9.17, 15) is 9.90 Å². The lowest BCUT2D eigenvalue weighted by Crippen LogP contribution is -2.03. The number of allylic oxidation sites excluding steroid dienone is 7. The number of hydrogen-bond donors (Lipinski definition) is 2. The lowest BCUT2D eigenvalue weighted by atomic mass is 10.1. The molecule has 0 amide bonds. The molecule has 23 heavy (non-hydrogen) atoms. The van der Waals surface area contributed by atoms with Crippen molar-refractivity contribution in [3.8, 4) is 0 Å². The van der Waals surface area contributed by atoms with Crippen LogP contribution >= 0.6 is 0 Å². The SMILES string of the molecule is CCCCCC=CCC=CCC=CC=C[C@@H](O)CCCC(=O)O. The molecule has 0 aromatic heterocycles. The van der Waals surface area contributed by atoms with Crippen molar-refractivity contribution < 1.29 is 15.0 Å². The summed E-state index contributed by atoms with van der Waals surface area (Å²) in [7, 11) is 0. The Morgan fingerprint density at radius 3 is 2.35 bits per heavy atom. The lowest BCUT2D eigenvalue weighted by molar-refractivity contribution is -0.137. The number of carboxylic acid groups (broad SMARTS) is 1. The van der Waals surface area contributed by atoms with Gasteiger partial charge in [0.2, 0.25) is 0 Å². The topological polar surface area (TPSA) is 57.5 Å². The van der Waals surface area contributed by atoms with Gasteiger partial charge >= 0.3 is 5.97 Å². The lowest BCUT2D eigenvalue weighted by Gasteiger charge is -2.02. The van der Waals surface area contributed by atoms with Gasteiger partial charge in [0.25, 0.3) is 0 Å². The van der Waals surface area contributed by atoms with Crippen LogP contribution in [-0.2, 0) is 4.79 Å². The van der Waals surface area contributed by atoms with Crippen molar-refractivity contribution in [1.29, 1.82) is 0 Å². The molecule has 0 saturated heterocycles. The van der Waals surface area contributed by atoms with Gasteiger partial charge in [0.05, 0.1) is 6.10 Å². The molecule has 0 radical (unpaired) electrons. The van der Waals surface area contributed by atoms with E-state index in [4.69, 9.17) is 5.11 Å². The van der Waals surface area contributed by atoms with Gasteiger partial charge in [-0.2, -0.15) is 0 Å². The number of hydrogen-bond acceptors (Lipinski definition) is 2. The summed E-state index contributed by atoms with van der Waals surface area (Å²) in [5, 5.41) is 18.1. The summed E-state index contributed by atoms with van der Waals surface area (Å²) in [6.07, 6.45) is 23.6. The molecule has 0 aromatic rings. The molecule has 0 rings (SSSR count). The first-order valence-electron chi connectivity index (χ1n) is 8.70. The highest BCUT2D eigenvalue weighted by molar-refractivity contribution is 5.66. The predicted octanol–water partition coefficient (Wildman–Crippen LogP) is 5.19. The van der Waals surface area contributed by atoms with E-state index in [-0.39, 0.29) is 6.42 Å². The molecule has 0 heterocycles. The highest BCUT2D eigenvalue weighted by atomic mass is 16.4. The van der Waals surface area contributed by atoms with Crippen LogP contribution in [0.3, 0.4) is 0 Å². The van der Waals surface area contributed by atoms with E-state index < -0.39 is 12.1 Å². The van der Waals surface area contributed by atoms with Crippen LogP contribution < -0.4 is 0 Å². The van der Waals surface area contributed by atoms with Gasteiger partial charge in [0, 0.05) is 6.42 Å². The fourth-order valence-electron chi connectivity index (χ4n) is 1.98. The number of aliphatic hydroxyl groups is 1. The zero-order chi connectivity index (χ0) is 17.2. The van der Waals surface area contributed by atoms with Gasteiger partial charge < -0.3 is 10.2 Å². The summed E-state index contributed by atoms with van der Waals surface area (Å²) < 4.78 is 0. The minimum atomic E-state index is -0.816. The smallest absolute Gasteiger partial charge is 0.303 e. The molecule has 0 aliphatic heterocycles. The maximum absolute atomic E-state index is 10.3. The molecule has 0 aromatic carbocycles. The second-order valence-corrected chi connectivity index (χ2v) is 5.58. The molecule has 3 nitrogen and oxygen atoms in total. The molecule has 0 fully saturated rings. The Bertz CT molecular complexity index is 392. The molecule has 0 spiro atoms. The molecule has 130 valence electrons. The molecular weight excluding hydrogens is 288 g/mol. The summed E-state index contributed by atoms with van der Waals surface area (Å²) in [5.74, 6) is -0.816. The number of aliphatic hydroxyl groups excluding tert-OH is 1. The maximum atomic E-state index is 10.3. The molecule has 0 aliphatic rings. The third kappa shape index (κ3) is 18.3. The summed E-state index contributed by atoms with van der Waals surface area (Å²) >= 11 is 0. The van der Waals surface area contributed by atoms with Crippen LogP contribution in [0.4, 0.5) is 0 Å². The van der Waals surface area contributed by atoms with E-state index in [2.05, 4.69) is 31.2 Å². The summed E-state index contributed by atoms with van der Waals surface area (Å²) in [4.78, 5) is 10.3. The Hall–Kier alpha value is -1.61. The average molecular weight is 320 g/mol. The molecule has 3 heteroatoms. The highest BCUT2D eigenvalue weighted by Gasteiger charge is 2.01. The van der Waals surface area contributed by atoms with E-state index in [0.29, 0.717) is 12.8 Å². The van der Waals surface area contributed by atoms with Gasteiger partial charge in [0.1, 0.15) is 0 Å². The van der Waals surface area contributed by atoms with Crippen molar-refractivity contribution in [2.45, 2.75) is 70.8 Å². The minimum Gasteiger partial charge on any atom is -0.481 e. The van der Waals surface area contributed by atoms with Gasteiger partial charge in [-0.25, -0.2) is 0 Å². The van der Waals surface area contributed by atoms with Crippen LogP contribution in [0.1, 0.15) is 64.7 Å². The Morgan fingerprint density at radius 1 is 0.957 bits per heavy atom. The monoisotopic (exact) mass is 320 g/mol. The molecule has 0 aliphatic carbocycles. The molecule has 0 bridgehead atoms. The first-order valence-corrected chi connectivity index (χ1v) is 8.70. The van der Waals surface area contributed by atoms with Crippen LogP contribution in [0, 0.1) is 0 Å². The summed E-state index contributed by atoms with van der Waals surface area (Å²) in [5.41, 5.74) is 0. The normalized spacial score (nSPS) is 13.8. The number of rotatable bonds is 14. The van der Waals surface area contributed by atoms with Crippen LogP contribution in [0.15, 0.2) is 48.6 Å². The minimum absolute atomic E-state index is 0.110. The Labute approximate surface area is 141 Å². The first kappa shape index (κ1) is 21.4. The standard InChI is InChI=1S/C20H32O3/c1-2-3-4-5-6-7-8-9-10-11-12-13-14-16-19(21)17-15-18-20(22)23/h6-7,9-10,12-14,16,19,21H,2-5,8,11,15,17-18H2,1H3,(H,22,23)/t19-/m1/s1. The van der Waals surface area contributed by atoms with Crippen molar-refractivity contribution in [3.63, 3.8) is 0 Å². The van der Waals surface area contributed by atoms with Gasteiger partial charge in [-0.3, -0.25) is 4.79 Å². The zero-order valence-electron chi connectivity index (χ0n) is 14.4. The third-order valence-electron chi connectivity index (χ3n) is 3.32. The molecule has 1 atom stereocenters. The van der Waals surface area contributed by atoms with Crippen molar-refractivity contribution in [2.24, 2.45) is 0 Å². The zero-order valence-corrected chi connectivity index (χ0v) is 14.4. The van der Waals surface area contributed by atoms with E-state index in [1.165, 1.54) is 25.7 Å². The van der Waals surface area contributed by atoms with E-state index in [0.717, 1.165) is 12.8 Å². The molecular formula is C20H32O3. The fraction of sp³-hybridized carbons (Fsp3) is 0.550. The van der Waals surface area contributed by atoms with Crippen LogP contribution in [-0.4, -0.2) is 22.3 Å². The largest absolute Gasteiger partial charge is 0.481 e. The van der Waals surface area contributed by atoms with Crippen LogP contribution in [0.5, 0.6) is 0 Å². The third-order valence-corrected chi connectivity index (χ3v) is 3.32. The average Bonchev–Trinajstić information content (AvgIpc) is 2.51. The van der Waals surface area contributed by atoms with Gasteiger partial charge in [0.15, 0.2) is 0 Å². The number of aliphatic carboxylic acids is 1. The number of carboxylic acids is 1. The van der Waals surface area contributed by atoms with Gasteiger partial charge in [-0.15, -0.1) is 0 Å². The predicted molar refractivity (Wildman–Crippen MR) is 97.4 cm³/mol. The number of unbranched alkanes of at least 4 members (excludes halogenated alkanes) is 3. The van der Waals surface area contributed by atoms with Gasteiger partial charge in [-0.05, 0) is 38.5 Å². The number of carbonyl (C=O) groups is 1. The Balaban J connectivity index is 3.59. The Morgan fingerprint density at radius 2 is 1.65 bits per heavy atom. The van der Waals surface area contributed by atoms with E-state index >= 15 is 0 Å². The van der Waals surface area contributed by atoms with Crippen molar-refractivity contribution in [1.82, 2.24) is 0 Å². The van der Waals surface area contributed by atoms with Gasteiger partial charge in [-0.1, -0.05) is 68.4 Å². The van der Waals surface area contributed by atoms with E-state index in [1.54, 1.807) is 6.08 Å². The van der Waals surface area contributed by atoms with E-state index in [1.807, 2.05) is 18.2 Å². The fourth-order valence-corrected chi connectivity index (χ4v) is 1.98. The molecule has 0 unspecified atom stereocenters. The summed E-state index contributed by atoms with van der Waals surface area (Å²) in [6, 6.07) is 0. The van der Waals surface area contributed by atoms with Crippen molar-refractivity contribution in [2.75, 3.05) is 0 Å². The maximum Gasteiger partial charge on any atom is 0.303 e. The van der Waals surface area contributed by atoms with Crippen LogP contribution in [0.25, 0.3) is 0 Å². The molecule has 2 N–H and O–H groups in total. The Kier molecular flexibility index (Phi) is 15.6. The van der Waals surface area contributed by atoms with Crippen LogP contribution in [0.2, 0.25) is 0 Å². The quantitative estimate of drug-likeness (QED) is 0.263. The second-order valence-electron chi connectivity index (χ2n) is 5.58. The first-order chi connectivity index (χ1) is 11.2. The summed E-state index contributed by atoms with van der Waals surface area (Å²) in [6.45, 7) is 2.22. The second kappa shape index (κ2) is 16.8. The highest BCUT2D eigenvalue weighted by Crippen LogP contribution is 2.03. The van der Waals surface area contributed by atoms with Crippen molar-refractivity contribution in [3.05, 3.63) is 48.6 Å². The van der Waals surface area contributed by atoms with Crippen molar-refractivity contribution >= 4 is 5.97 Å².